The first-order chi connectivity index (χ1) is 9.89. The highest BCUT2D eigenvalue weighted by Gasteiger charge is 2.26. The molecular weight excluding hydrogens is 306 g/mol. The predicted octanol–water partition coefficient (Wildman–Crippen LogP) is 2.37. The van der Waals surface area contributed by atoms with Crippen LogP contribution in [0.3, 0.4) is 0 Å². The van der Waals surface area contributed by atoms with E-state index in [1.54, 1.807) is 17.2 Å². The number of hydrogen-bond acceptors (Lipinski definition) is 5. The lowest BCUT2D eigenvalue weighted by molar-refractivity contribution is 0.0240. The highest BCUT2D eigenvalue weighted by molar-refractivity contribution is 5.85. The standard InChI is InChI=1S/C15H21N3O3.ClH/c1-15(2,3)21-14(20)18-8-6-17(7-9-18)13-5-4-12(11-19)10-16-13;/h4-5,10-11H,6-9H2,1-3H3;1H. The van der Waals surface area contributed by atoms with Crippen LogP contribution in [0.25, 0.3) is 0 Å². The zero-order valence-electron chi connectivity index (χ0n) is 13.1. The summed E-state index contributed by atoms with van der Waals surface area (Å²) in [6.07, 6.45) is 2.06. The Kier molecular flexibility index (Phi) is 6.17. The molecule has 0 saturated carbocycles. The molecule has 0 atom stereocenters. The minimum absolute atomic E-state index is 0. The number of carbonyl (C=O) groups excluding carboxylic acids is 2. The fourth-order valence-corrected chi connectivity index (χ4v) is 2.10. The van der Waals surface area contributed by atoms with Crippen molar-refractivity contribution in [3.8, 4) is 0 Å². The summed E-state index contributed by atoms with van der Waals surface area (Å²) < 4.78 is 5.36. The zero-order chi connectivity index (χ0) is 15.5. The molecular formula is C15H22ClN3O3. The number of anilines is 1. The Morgan fingerprint density at radius 1 is 1.23 bits per heavy atom. The van der Waals surface area contributed by atoms with Crippen molar-refractivity contribution in [2.45, 2.75) is 26.4 Å². The van der Waals surface area contributed by atoms with Gasteiger partial charge in [0.05, 0.1) is 0 Å². The summed E-state index contributed by atoms with van der Waals surface area (Å²) in [6, 6.07) is 3.57. The van der Waals surface area contributed by atoms with Crippen molar-refractivity contribution in [1.29, 1.82) is 0 Å². The molecule has 0 radical (unpaired) electrons. The van der Waals surface area contributed by atoms with Crippen molar-refractivity contribution in [3.63, 3.8) is 0 Å². The molecule has 2 heterocycles. The number of carbonyl (C=O) groups is 2. The maximum Gasteiger partial charge on any atom is 0.410 e. The van der Waals surface area contributed by atoms with Gasteiger partial charge >= 0.3 is 6.09 Å². The van der Waals surface area contributed by atoms with Crippen LogP contribution in [0.5, 0.6) is 0 Å². The molecule has 0 aliphatic carbocycles. The lowest BCUT2D eigenvalue weighted by Crippen LogP contribution is -2.50. The Bertz CT molecular complexity index is 506. The first kappa shape index (κ1) is 18.2. The van der Waals surface area contributed by atoms with Gasteiger partial charge in [-0.05, 0) is 32.9 Å². The third-order valence-corrected chi connectivity index (χ3v) is 3.16. The van der Waals surface area contributed by atoms with Gasteiger partial charge in [-0.3, -0.25) is 4.79 Å². The average molecular weight is 328 g/mol. The van der Waals surface area contributed by atoms with E-state index < -0.39 is 5.60 Å². The minimum Gasteiger partial charge on any atom is -0.444 e. The molecule has 1 aromatic heterocycles. The fourth-order valence-electron chi connectivity index (χ4n) is 2.10. The number of hydrogen-bond donors (Lipinski definition) is 0. The van der Waals surface area contributed by atoms with Crippen molar-refractivity contribution < 1.29 is 14.3 Å². The zero-order valence-corrected chi connectivity index (χ0v) is 13.9. The molecule has 1 aliphatic heterocycles. The highest BCUT2D eigenvalue weighted by Crippen LogP contribution is 2.16. The van der Waals surface area contributed by atoms with Crippen LogP contribution in [0.1, 0.15) is 31.1 Å². The van der Waals surface area contributed by atoms with Gasteiger partial charge in [-0.25, -0.2) is 9.78 Å². The monoisotopic (exact) mass is 327 g/mol. The van der Waals surface area contributed by atoms with Gasteiger partial charge in [-0.15, -0.1) is 12.4 Å². The summed E-state index contributed by atoms with van der Waals surface area (Å²) in [5, 5.41) is 0. The van der Waals surface area contributed by atoms with E-state index in [4.69, 9.17) is 4.74 Å². The van der Waals surface area contributed by atoms with E-state index in [1.807, 2.05) is 26.8 Å². The van der Waals surface area contributed by atoms with Gasteiger partial charge in [0.2, 0.25) is 0 Å². The number of aldehydes is 1. The molecule has 6 nitrogen and oxygen atoms in total. The molecule has 2 rings (SSSR count). The molecule has 0 aromatic carbocycles. The molecule has 122 valence electrons. The maximum atomic E-state index is 12.0. The second kappa shape index (κ2) is 7.45. The first-order valence-electron chi connectivity index (χ1n) is 7.03. The molecule has 1 saturated heterocycles. The Balaban J connectivity index is 0.00000242. The number of halogens is 1. The van der Waals surface area contributed by atoms with Crippen LogP contribution in [-0.4, -0.2) is 54.0 Å². The van der Waals surface area contributed by atoms with Crippen LogP contribution < -0.4 is 4.90 Å². The summed E-state index contributed by atoms with van der Waals surface area (Å²) in [5.41, 5.74) is 0.0895. The quantitative estimate of drug-likeness (QED) is 0.780. The molecule has 0 bridgehead atoms. The number of piperazine rings is 1. The topological polar surface area (TPSA) is 62.7 Å². The third kappa shape index (κ3) is 4.87. The largest absolute Gasteiger partial charge is 0.444 e. The van der Waals surface area contributed by atoms with Gasteiger partial charge in [0, 0.05) is 37.9 Å². The Hall–Kier alpha value is -1.82. The van der Waals surface area contributed by atoms with Crippen molar-refractivity contribution in [3.05, 3.63) is 23.9 Å². The molecule has 1 aromatic rings. The average Bonchev–Trinajstić information content (AvgIpc) is 2.46. The van der Waals surface area contributed by atoms with Gasteiger partial charge < -0.3 is 14.5 Å². The van der Waals surface area contributed by atoms with E-state index >= 15 is 0 Å². The molecule has 1 amide bonds. The SMILES string of the molecule is CC(C)(C)OC(=O)N1CCN(c2ccc(C=O)cn2)CC1.Cl. The number of aromatic nitrogens is 1. The summed E-state index contributed by atoms with van der Waals surface area (Å²) in [5.74, 6) is 0.824. The van der Waals surface area contributed by atoms with E-state index in [-0.39, 0.29) is 18.5 Å². The number of amides is 1. The van der Waals surface area contributed by atoms with Crippen LogP contribution >= 0.6 is 12.4 Å². The van der Waals surface area contributed by atoms with E-state index in [0.29, 0.717) is 31.7 Å². The van der Waals surface area contributed by atoms with Gasteiger partial charge in [0.1, 0.15) is 11.4 Å². The Morgan fingerprint density at radius 2 is 1.86 bits per heavy atom. The number of rotatable bonds is 2. The lowest BCUT2D eigenvalue weighted by Gasteiger charge is -2.36. The van der Waals surface area contributed by atoms with Crippen LogP contribution in [0, 0.1) is 0 Å². The summed E-state index contributed by atoms with van der Waals surface area (Å²) in [4.78, 5) is 30.7. The Labute approximate surface area is 136 Å². The number of ether oxygens (including phenoxy) is 1. The molecule has 7 heteroatoms. The summed E-state index contributed by atoms with van der Waals surface area (Å²) >= 11 is 0. The lowest BCUT2D eigenvalue weighted by atomic mass is 10.2. The van der Waals surface area contributed by atoms with E-state index in [9.17, 15) is 9.59 Å². The van der Waals surface area contributed by atoms with E-state index in [2.05, 4.69) is 9.88 Å². The molecule has 22 heavy (non-hydrogen) atoms. The number of nitrogens with zero attached hydrogens (tertiary/aromatic N) is 3. The molecule has 1 fully saturated rings. The van der Waals surface area contributed by atoms with Gasteiger partial charge in [0.15, 0.2) is 6.29 Å². The van der Waals surface area contributed by atoms with Gasteiger partial charge in [0.25, 0.3) is 0 Å². The number of pyridine rings is 1. The van der Waals surface area contributed by atoms with Crippen LogP contribution in [0.15, 0.2) is 18.3 Å². The van der Waals surface area contributed by atoms with Crippen molar-refractivity contribution in [1.82, 2.24) is 9.88 Å². The van der Waals surface area contributed by atoms with Crippen molar-refractivity contribution in [2.75, 3.05) is 31.1 Å². The highest BCUT2D eigenvalue weighted by atomic mass is 35.5. The summed E-state index contributed by atoms with van der Waals surface area (Å²) in [7, 11) is 0. The van der Waals surface area contributed by atoms with Crippen LogP contribution in [0.2, 0.25) is 0 Å². The van der Waals surface area contributed by atoms with Gasteiger partial charge in [-0.2, -0.15) is 0 Å². The molecule has 0 N–H and O–H groups in total. The second-order valence-corrected chi connectivity index (χ2v) is 6.02. The van der Waals surface area contributed by atoms with E-state index in [1.165, 1.54) is 0 Å². The van der Waals surface area contributed by atoms with Crippen molar-refractivity contribution in [2.24, 2.45) is 0 Å². The van der Waals surface area contributed by atoms with Gasteiger partial charge in [-0.1, -0.05) is 0 Å². The third-order valence-electron chi connectivity index (χ3n) is 3.16. The Morgan fingerprint density at radius 3 is 2.32 bits per heavy atom. The summed E-state index contributed by atoms with van der Waals surface area (Å²) in [6.45, 7) is 8.19. The first-order valence-corrected chi connectivity index (χ1v) is 7.03. The minimum atomic E-state index is -0.472. The van der Waals surface area contributed by atoms with Crippen LogP contribution in [0.4, 0.5) is 10.6 Å². The fraction of sp³-hybridized carbons (Fsp3) is 0.533. The normalized spacial score (nSPS) is 15.0. The molecule has 0 unspecified atom stereocenters. The van der Waals surface area contributed by atoms with Crippen LogP contribution in [-0.2, 0) is 4.74 Å². The predicted molar refractivity (Wildman–Crippen MR) is 86.9 cm³/mol. The van der Waals surface area contributed by atoms with E-state index in [0.717, 1.165) is 12.1 Å². The maximum absolute atomic E-state index is 12.0. The van der Waals surface area contributed by atoms with Crippen molar-refractivity contribution >= 4 is 30.6 Å². The smallest absolute Gasteiger partial charge is 0.410 e. The molecule has 0 spiro atoms. The molecule has 1 aliphatic rings. The second-order valence-electron chi connectivity index (χ2n) is 6.02.